The van der Waals surface area contributed by atoms with Crippen molar-refractivity contribution in [3.63, 3.8) is 0 Å². The van der Waals surface area contributed by atoms with Gasteiger partial charge in [0.1, 0.15) is 5.76 Å². The monoisotopic (exact) mass is 319 g/mol. The molecule has 2 fully saturated rings. The molecule has 1 aliphatic carbocycles. The summed E-state index contributed by atoms with van der Waals surface area (Å²) in [6, 6.07) is 4.34. The van der Waals surface area contributed by atoms with Crippen LogP contribution in [-0.2, 0) is 11.3 Å². The lowest BCUT2D eigenvalue weighted by Gasteiger charge is -2.60. The van der Waals surface area contributed by atoms with E-state index >= 15 is 0 Å². The van der Waals surface area contributed by atoms with E-state index in [4.69, 9.17) is 9.15 Å². The molecular formula is C18H29N3O2. The second-order valence-electron chi connectivity index (χ2n) is 7.27. The van der Waals surface area contributed by atoms with Crippen LogP contribution >= 0.6 is 0 Å². The number of nitrogens with one attached hydrogen (secondary N) is 1. The molecule has 2 aliphatic rings. The van der Waals surface area contributed by atoms with Crippen LogP contribution in [0.1, 0.15) is 39.4 Å². The molecule has 0 spiro atoms. The molecule has 3 unspecified atom stereocenters. The Bertz CT molecular complexity index is 538. The Labute approximate surface area is 139 Å². The van der Waals surface area contributed by atoms with Gasteiger partial charge in [0.15, 0.2) is 5.96 Å². The van der Waals surface area contributed by atoms with Crippen molar-refractivity contribution in [1.29, 1.82) is 0 Å². The summed E-state index contributed by atoms with van der Waals surface area (Å²) < 4.78 is 11.5. The fourth-order valence-electron chi connectivity index (χ4n) is 4.09. The number of ether oxygens (including phenoxy) is 1. The van der Waals surface area contributed by atoms with Crippen molar-refractivity contribution in [2.45, 2.75) is 52.3 Å². The van der Waals surface area contributed by atoms with E-state index in [0.29, 0.717) is 18.1 Å². The molecule has 1 saturated carbocycles. The molecule has 128 valence electrons. The van der Waals surface area contributed by atoms with E-state index in [0.717, 1.165) is 37.8 Å². The lowest BCUT2D eigenvalue weighted by Crippen LogP contribution is -2.71. The molecule has 0 radical (unpaired) electrons. The third-order valence-corrected chi connectivity index (χ3v) is 5.26. The molecule has 5 heteroatoms. The van der Waals surface area contributed by atoms with Crippen LogP contribution in [0.25, 0.3) is 0 Å². The molecule has 3 atom stereocenters. The molecule has 3 rings (SSSR count). The van der Waals surface area contributed by atoms with Crippen LogP contribution in [0.3, 0.4) is 0 Å². The van der Waals surface area contributed by atoms with Crippen LogP contribution in [0.4, 0.5) is 0 Å². The van der Waals surface area contributed by atoms with Crippen molar-refractivity contribution in [2.24, 2.45) is 16.3 Å². The van der Waals surface area contributed by atoms with Gasteiger partial charge in [0.05, 0.1) is 18.9 Å². The lowest BCUT2D eigenvalue weighted by molar-refractivity contribution is -0.188. The Morgan fingerprint density at radius 1 is 1.48 bits per heavy atom. The Balaban J connectivity index is 1.68. The Hall–Kier alpha value is -1.49. The lowest BCUT2D eigenvalue weighted by atomic mass is 9.55. The van der Waals surface area contributed by atoms with Crippen LogP contribution in [0, 0.1) is 11.3 Å². The van der Waals surface area contributed by atoms with Gasteiger partial charge in [-0.2, -0.15) is 0 Å². The van der Waals surface area contributed by atoms with Gasteiger partial charge in [-0.15, -0.1) is 0 Å². The zero-order valence-electron chi connectivity index (χ0n) is 14.7. The van der Waals surface area contributed by atoms with Gasteiger partial charge in [0.2, 0.25) is 0 Å². The first-order valence-corrected chi connectivity index (χ1v) is 8.70. The number of hydrogen-bond donors (Lipinski definition) is 1. The van der Waals surface area contributed by atoms with E-state index in [1.54, 1.807) is 6.26 Å². The fraction of sp³-hybridized carbons (Fsp3) is 0.722. The summed E-state index contributed by atoms with van der Waals surface area (Å²) in [5, 5.41) is 3.71. The second-order valence-corrected chi connectivity index (χ2v) is 7.27. The summed E-state index contributed by atoms with van der Waals surface area (Å²) in [6.07, 6.45) is 4.50. The van der Waals surface area contributed by atoms with E-state index in [2.05, 4.69) is 43.0 Å². The normalized spacial score (nSPS) is 29.6. The van der Waals surface area contributed by atoms with E-state index in [9.17, 15) is 0 Å². The molecule has 1 saturated heterocycles. The Morgan fingerprint density at radius 3 is 3.00 bits per heavy atom. The number of hydrogen-bond acceptors (Lipinski definition) is 3. The van der Waals surface area contributed by atoms with Gasteiger partial charge < -0.3 is 19.4 Å². The molecule has 0 aromatic carbocycles. The molecule has 23 heavy (non-hydrogen) atoms. The fourth-order valence-corrected chi connectivity index (χ4v) is 4.09. The van der Waals surface area contributed by atoms with E-state index in [1.807, 2.05) is 12.1 Å². The predicted molar refractivity (Wildman–Crippen MR) is 91.3 cm³/mol. The van der Waals surface area contributed by atoms with Gasteiger partial charge >= 0.3 is 0 Å². The topological polar surface area (TPSA) is 50.0 Å². The zero-order valence-corrected chi connectivity index (χ0v) is 14.7. The van der Waals surface area contributed by atoms with Gasteiger partial charge in [-0.1, -0.05) is 13.8 Å². The summed E-state index contributed by atoms with van der Waals surface area (Å²) in [7, 11) is 2.06. The number of nitrogens with zero attached hydrogens (tertiary/aromatic N) is 2. The average Bonchev–Trinajstić information content (AvgIpc) is 3.04. The number of guanidine groups is 1. The maximum atomic E-state index is 6.00. The minimum absolute atomic E-state index is 0.144. The molecule has 1 N–H and O–H groups in total. The van der Waals surface area contributed by atoms with Crippen LogP contribution in [0.15, 0.2) is 27.8 Å². The SMILES string of the molecule is CCN=C(NC1C2CCCOC2C1(C)C)N(C)Cc1ccco1. The summed E-state index contributed by atoms with van der Waals surface area (Å²) in [4.78, 5) is 6.81. The predicted octanol–water partition coefficient (Wildman–Crippen LogP) is 2.88. The number of fused-ring (bicyclic) bond motifs is 1. The third-order valence-electron chi connectivity index (χ3n) is 5.26. The summed E-state index contributed by atoms with van der Waals surface area (Å²) in [6.45, 7) is 9.06. The largest absolute Gasteiger partial charge is 0.467 e. The van der Waals surface area contributed by atoms with Crippen molar-refractivity contribution in [2.75, 3.05) is 20.2 Å². The maximum Gasteiger partial charge on any atom is 0.194 e. The van der Waals surface area contributed by atoms with Crippen LogP contribution in [0.2, 0.25) is 0 Å². The summed E-state index contributed by atoms with van der Waals surface area (Å²) in [5.74, 6) is 2.49. The van der Waals surface area contributed by atoms with Gasteiger partial charge in [0, 0.05) is 37.6 Å². The molecule has 0 amide bonds. The quantitative estimate of drug-likeness (QED) is 0.685. The Morgan fingerprint density at radius 2 is 2.30 bits per heavy atom. The van der Waals surface area contributed by atoms with Crippen molar-refractivity contribution in [1.82, 2.24) is 10.2 Å². The van der Waals surface area contributed by atoms with Crippen molar-refractivity contribution < 1.29 is 9.15 Å². The molecular weight excluding hydrogens is 290 g/mol. The van der Waals surface area contributed by atoms with E-state index in [-0.39, 0.29) is 5.41 Å². The van der Waals surface area contributed by atoms with Crippen molar-refractivity contribution in [3.8, 4) is 0 Å². The highest BCUT2D eigenvalue weighted by molar-refractivity contribution is 5.80. The Kier molecular flexibility index (Phi) is 4.67. The van der Waals surface area contributed by atoms with E-state index in [1.165, 1.54) is 6.42 Å². The van der Waals surface area contributed by atoms with Crippen molar-refractivity contribution >= 4 is 5.96 Å². The standard InChI is InChI=1S/C18H29N3O2/c1-5-19-17(21(4)12-13-8-6-10-22-13)20-15-14-9-7-11-23-16(14)18(15,2)3/h6,8,10,14-16H,5,7,9,11-12H2,1-4H3,(H,19,20). The number of aliphatic imine (C=N–C) groups is 1. The molecule has 1 aliphatic heterocycles. The van der Waals surface area contributed by atoms with Crippen LogP contribution in [0.5, 0.6) is 0 Å². The highest BCUT2D eigenvalue weighted by Crippen LogP contribution is 2.51. The van der Waals surface area contributed by atoms with Gasteiger partial charge in [-0.25, -0.2) is 0 Å². The number of rotatable bonds is 4. The smallest absolute Gasteiger partial charge is 0.194 e. The van der Waals surface area contributed by atoms with Gasteiger partial charge in [-0.05, 0) is 31.9 Å². The summed E-state index contributed by atoms with van der Waals surface area (Å²) >= 11 is 0. The van der Waals surface area contributed by atoms with Crippen LogP contribution < -0.4 is 5.32 Å². The first-order valence-electron chi connectivity index (χ1n) is 8.70. The maximum absolute atomic E-state index is 6.00. The second kappa shape index (κ2) is 6.56. The van der Waals surface area contributed by atoms with Gasteiger partial charge in [0.25, 0.3) is 0 Å². The van der Waals surface area contributed by atoms with E-state index < -0.39 is 0 Å². The van der Waals surface area contributed by atoms with Gasteiger partial charge in [-0.3, -0.25) is 4.99 Å². The molecule has 5 nitrogen and oxygen atoms in total. The molecule has 1 aromatic heterocycles. The average molecular weight is 319 g/mol. The number of furan rings is 1. The molecule has 0 bridgehead atoms. The minimum Gasteiger partial charge on any atom is -0.467 e. The zero-order chi connectivity index (χ0) is 16.4. The van der Waals surface area contributed by atoms with Crippen molar-refractivity contribution in [3.05, 3.63) is 24.2 Å². The van der Waals surface area contributed by atoms with Crippen LogP contribution in [-0.4, -0.2) is 43.2 Å². The molecule has 1 aromatic rings. The third kappa shape index (κ3) is 3.11. The highest BCUT2D eigenvalue weighted by Gasteiger charge is 2.58. The minimum atomic E-state index is 0.144. The molecule has 2 heterocycles. The summed E-state index contributed by atoms with van der Waals surface area (Å²) in [5.41, 5.74) is 0.144. The highest BCUT2D eigenvalue weighted by atomic mass is 16.5. The first kappa shape index (κ1) is 16.4. The first-order chi connectivity index (χ1) is 11.0.